The molecule has 0 bridgehead atoms. The Bertz CT molecular complexity index is 581. The van der Waals surface area contributed by atoms with Gasteiger partial charge in [0.25, 0.3) is 0 Å². The molecule has 0 saturated carbocycles. The summed E-state index contributed by atoms with van der Waals surface area (Å²) in [6.07, 6.45) is -1.75. The van der Waals surface area contributed by atoms with Gasteiger partial charge in [-0.1, -0.05) is 0 Å². The fourth-order valence-electron chi connectivity index (χ4n) is 1.74. The van der Waals surface area contributed by atoms with Gasteiger partial charge in [0.2, 0.25) is 0 Å². The van der Waals surface area contributed by atoms with Crippen LogP contribution in [0.5, 0.6) is 11.5 Å². The van der Waals surface area contributed by atoms with Gasteiger partial charge >= 0.3 is 6.36 Å². The maximum Gasteiger partial charge on any atom is 0.573 e. The van der Waals surface area contributed by atoms with Crippen LogP contribution in [0.1, 0.15) is 11.7 Å². The molecular weight excluding hydrogens is 287 g/mol. The number of nitrogens with zero attached hydrogens (tertiary/aromatic N) is 2. The lowest BCUT2D eigenvalue weighted by molar-refractivity contribution is -0.274. The van der Waals surface area contributed by atoms with Gasteiger partial charge in [0.15, 0.2) is 0 Å². The smallest absolute Gasteiger partial charge is 0.484 e. The Morgan fingerprint density at radius 1 is 1.24 bits per heavy atom. The highest BCUT2D eigenvalue weighted by molar-refractivity contribution is 5.32. The highest BCUT2D eigenvalue weighted by Crippen LogP contribution is 2.27. The number of alkyl halides is 3. The summed E-state index contributed by atoms with van der Waals surface area (Å²) >= 11 is 0. The summed E-state index contributed by atoms with van der Waals surface area (Å²) in [5, 5.41) is 4.02. The molecule has 0 aliphatic carbocycles. The van der Waals surface area contributed by atoms with Crippen LogP contribution in [0.4, 0.5) is 13.2 Å². The third-order valence-electron chi connectivity index (χ3n) is 2.65. The van der Waals surface area contributed by atoms with E-state index in [0.717, 1.165) is 5.56 Å². The fourth-order valence-corrected chi connectivity index (χ4v) is 1.74. The van der Waals surface area contributed by atoms with Crippen molar-refractivity contribution in [3.8, 4) is 11.5 Å². The van der Waals surface area contributed by atoms with Crippen molar-refractivity contribution >= 4 is 0 Å². The molecule has 1 atom stereocenters. The number of aryl methyl sites for hydroxylation is 1. The number of ether oxygens (including phenoxy) is 2. The van der Waals surface area contributed by atoms with E-state index in [1.165, 1.54) is 24.3 Å². The van der Waals surface area contributed by atoms with Crippen molar-refractivity contribution in [2.45, 2.75) is 12.5 Å². The van der Waals surface area contributed by atoms with E-state index in [9.17, 15) is 13.2 Å². The second-order valence-corrected chi connectivity index (χ2v) is 4.31. The van der Waals surface area contributed by atoms with Crippen molar-refractivity contribution in [3.63, 3.8) is 0 Å². The van der Waals surface area contributed by atoms with Gasteiger partial charge in [0, 0.05) is 25.4 Å². The molecule has 2 N–H and O–H groups in total. The van der Waals surface area contributed by atoms with E-state index in [0.29, 0.717) is 5.75 Å². The van der Waals surface area contributed by atoms with Gasteiger partial charge in [-0.2, -0.15) is 5.10 Å². The number of rotatable bonds is 5. The van der Waals surface area contributed by atoms with E-state index in [1.54, 1.807) is 24.1 Å². The normalized spacial score (nSPS) is 13.0. The molecule has 0 amide bonds. The Kier molecular flexibility index (Phi) is 4.37. The first-order valence-corrected chi connectivity index (χ1v) is 6.08. The molecule has 0 saturated heterocycles. The Balaban J connectivity index is 2.05. The molecule has 0 aliphatic heterocycles. The lowest BCUT2D eigenvalue weighted by Crippen LogP contribution is -2.18. The molecule has 2 rings (SSSR count). The zero-order chi connectivity index (χ0) is 15.5. The Hall–Kier alpha value is -2.22. The molecule has 2 aromatic rings. The van der Waals surface area contributed by atoms with Crippen molar-refractivity contribution in [1.29, 1.82) is 0 Å². The van der Waals surface area contributed by atoms with Crippen LogP contribution in [-0.2, 0) is 7.05 Å². The van der Waals surface area contributed by atoms with Gasteiger partial charge in [-0.25, -0.2) is 0 Å². The molecule has 0 radical (unpaired) electrons. The van der Waals surface area contributed by atoms with Gasteiger partial charge in [0.1, 0.15) is 17.6 Å². The second kappa shape index (κ2) is 6.04. The number of hydrogen-bond donors (Lipinski definition) is 1. The van der Waals surface area contributed by atoms with Crippen LogP contribution in [-0.4, -0.2) is 22.7 Å². The van der Waals surface area contributed by atoms with Crippen LogP contribution in [0.2, 0.25) is 0 Å². The molecule has 1 aromatic heterocycles. The molecule has 1 unspecified atom stereocenters. The summed E-state index contributed by atoms with van der Waals surface area (Å²) in [5.74, 6) is 0.0874. The quantitative estimate of drug-likeness (QED) is 0.921. The summed E-state index contributed by atoms with van der Waals surface area (Å²) in [5.41, 5.74) is 6.43. The van der Waals surface area contributed by atoms with Crippen LogP contribution in [0.15, 0.2) is 36.7 Å². The SMILES string of the molecule is Cn1cc(C(CN)Oc2ccc(OC(F)(F)F)cc2)cn1. The first-order chi connectivity index (χ1) is 9.87. The Labute approximate surface area is 119 Å². The standard InChI is InChI=1S/C13H14F3N3O2/c1-19-8-9(7-18-19)12(6-17)20-10-2-4-11(5-3-10)21-13(14,15)16/h2-5,7-8,12H,6,17H2,1H3. The van der Waals surface area contributed by atoms with Crippen molar-refractivity contribution in [1.82, 2.24) is 9.78 Å². The number of hydrogen-bond acceptors (Lipinski definition) is 4. The zero-order valence-corrected chi connectivity index (χ0v) is 11.2. The fraction of sp³-hybridized carbons (Fsp3) is 0.308. The Morgan fingerprint density at radius 2 is 1.86 bits per heavy atom. The van der Waals surface area contributed by atoms with E-state index < -0.39 is 12.5 Å². The van der Waals surface area contributed by atoms with Crippen LogP contribution < -0.4 is 15.2 Å². The summed E-state index contributed by atoms with van der Waals surface area (Å²) in [6.45, 7) is 0.215. The van der Waals surface area contributed by atoms with Crippen molar-refractivity contribution in [2.75, 3.05) is 6.54 Å². The maximum atomic E-state index is 12.1. The van der Waals surface area contributed by atoms with Crippen molar-refractivity contribution < 1.29 is 22.6 Å². The largest absolute Gasteiger partial charge is 0.573 e. The van der Waals surface area contributed by atoms with E-state index in [-0.39, 0.29) is 12.3 Å². The molecule has 1 aromatic carbocycles. The van der Waals surface area contributed by atoms with E-state index >= 15 is 0 Å². The van der Waals surface area contributed by atoms with Gasteiger partial charge in [-0.05, 0) is 24.3 Å². The predicted molar refractivity (Wildman–Crippen MR) is 68.8 cm³/mol. The Morgan fingerprint density at radius 3 is 2.33 bits per heavy atom. The second-order valence-electron chi connectivity index (χ2n) is 4.31. The monoisotopic (exact) mass is 301 g/mol. The third-order valence-corrected chi connectivity index (χ3v) is 2.65. The van der Waals surface area contributed by atoms with Crippen LogP contribution in [0.3, 0.4) is 0 Å². The van der Waals surface area contributed by atoms with Crippen molar-refractivity contribution in [2.24, 2.45) is 12.8 Å². The number of aromatic nitrogens is 2. The topological polar surface area (TPSA) is 62.3 Å². The van der Waals surface area contributed by atoms with Crippen molar-refractivity contribution in [3.05, 3.63) is 42.2 Å². The predicted octanol–water partition coefficient (Wildman–Crippen LogP) is 2.40. The minimum absolute atomic E-state index is 0.215. The van der Waals surface area contributed by atoms with Gasteiger partial charge in [-0.3, -0.25) is 4.68 Å². The van der Waals surface area contributed by atoms with Crippen LogP contribution >= 0.6 is 0 Å². The summed E-state index contributed by atoms with van der Waals surface area (Å²) < 4.78 is 47.2. The number of benzene rings is 1. The first-order valence-electron chi connectivity index (χ1n) is 6.08. The third kappa shape index (κ3) is 4.38. The average Bonchev–Trinajstić information content (AvgIpc) is 2.82. The van der Waals surface area contributed by atoms with Crippen LogP contribution in [0.25, 0.3) is 0 Å². The van der Waals surface area contributed by atoms with E-state index in [2.05, 4.69) is 9.84 Å². The van der Waals surface area contributed by atoms with E-state index in [4.69, 9.17) is 10.5 Å². The molecule has 0 spiro atoms. The summed E-state index contributed by atoms with van der Waals surface area (Å²) in [7, 11) is 1.76. The summed E-state index contributed by atoms with van der Waals surface area (Å²) in [4.78, 5) is 0. The molecule has 0 aliphatic rings. The average molecular weight is 301 g/mol. The number of halogens is 3. The number of nitrogens with two attached hydrogens (primary N) is 1. The zero-order valence-electron chi connectivity index (χ0n) is 11.2. The molecule has 21 heavy (non-hydrogen) atoms. The molecular formula is C13H14F3N3O2. The minimum Gasteiger partial charge on any atom is -0.484 e. The molecule has 0 fully saturated rings. The lowest BCUT2D eigenvalue weighted by Gasteiger charge is -2.16. The molecule has 5 nitrogen and oxygen atoms in total. The van der Waals surface area contributed by atoms with Crippen LogP contribution in [0, 0.1) is 0 Å². The molecule has 1 heterocycles. The van der Waals surface area contributed by atoms with Gasteiger partial charge < -0.3 is 15.2 Å². The molecule has 8 heteroatoms. The first kappa shape index (κ1) is 15.2. The highest BCUT2D eigenvalue weighted by atomic mass is 19.4. The highest BCUT2D eigenvalue weighted by Gasteiger charge is 2.31. The summed E-state index contributed by atoms with van der Waals surface area (Å²) in [6, 6.07) is 5.14. The van der Waals surface area contributed by atoms with Gasteiger partial charge in [-0.15, -0.1) is 13.2 Å². The van der Waals surface area contributed by atoms with E-state index in [1.807, 2.05) is 0 Å². The minimum atomic E-state index is -4.71. The lowest BCUT2D eigenvalue weighted by atomic mass is 10.2. The molecule has 114 valence electrons. The maximum absolute atomic E-state index is 12.1. The van der Waals surface area contributed by atoms with Gasteiger partial charge in [0.05, 0.1) is 6.20 Å².